The predicted molar refractivity (Wildman–Crippen MR) is 68.6 cm³/mol. The van der Waals surface area contributed by atoms with Crippen LogP contribution in [0.25, 0.3) is 0 Å². The summed E-state index contributed by atoms with van der Waals surface area (Å²) >= 11 is 0. The fourth-order valence-corrected chi connectivity index (χ4v) is 1.88. The monoisotopic (exact) mass is 250 g/mol. The van der Waals surface area contributed by atoms with Crippen molar-refractivity contribution in [2.45, 2.75) is 39.8 Å². The van der Waals surface area contributed by atoms with E-state index in [2.05, 4.69) is 0 Å². The lowest BCUT2D eigenvalue weighted by molar-refractivity contribution is 0.0647. The Morgan fingerprint density at radius 2 is 2.00 bits per heavy atom. The molecular formula is C14H19FN2O. The van der Waals surface area contributed by atoms with Gasteiger partial charge in [0.1, 0.15) is 6.10 Å². The summed E-state index contributed by atoms with van der Waals surface area (Å²) in [6, 6.07) is 5.82. The van der Waals surface area contributed by atoms with Crippen molar-refractivity contribution in [1.82, 2.24) is 0 Å². The van der Waals surface area contributed by atoms with Crippen molar-refractivity contribution in [1.29, 1.82) is 5.26 Å². The first-order chi connectivity index (χ1) is 8.25. The maximum Gasteiger partial charge on any atom is 0.166 e. The number of nitrogens with zero attached hydrogens (tertiary/aromatic N) is 1. The van der Waals surface area contributed by atoms with Gasteiger partial charge in [0.25, 0.3) is 0 Å². The van der Waals surface area contributed by atoms with Gasteiger partial charge in [-0.2, -0.15) is 5.26 Å². The zero-order valence-corrected chi connectivity index (χ0v) is 11.2. The Labute approximate surface area is 107 Å². The third-order valence-electron chi connectivity index (χ3n) is 2.65. The van der Waals surface area contributed by atoms with E-state index in [0.29, 0.717) is 0 Å². The summed E-state index contributed by atoms with van der Waals surface area (Å²) in [4.78, 5) is 0. The number of ether oxygens (including phenoxy) is 1. The second-order valence-corrected chi connectivity index (χ2v) is 5.52. The van der Waals surface area contributed by atoms with Gasteiger partial charge in [-0.1, -0.05) is 20.8 Å². The molecule has 3 nitrogen and oxygen atoms in total. The van der Waals surface area contributed by atoms with Crippen LogP contribution in [0.4, 0.5) is 4.39 Å². The highest BCUT2D eigenvalue weighted by Gasteiger charge is 2.30. The van der Waals surface area contributed by atoms with Crippen LogP contribution in [-0.2, 0) is 0 Å². The molecule has 4 heteroatoms. The average Bonchev–Trinajstić information content (AvgIpc) is 2.24. The molecule has 0 fully saturated rings. The lowest BCUT2D eigenvalue weighted by atomic mass is 9.85. The average molecular weight is 250 g/mol. The van der Waals surface area contributed by atoms with Gasteiger partial charge in [0.2, 0.25) is 0 Å². The number of hydrogen-bond donors (Lipinski definition) is 1. The van der Waals surface area contributed by atoms with Crippen LogP contribution in [0.5, 0.6) is 5.75 Å². The molecule has 98 valence electrons. The normalized spacial score (nSPS) is 14.7. The molecule has 2 atom stereocenters. The molecule has 0 aromatic heterocycles. The first-order valence-electron chi connectivity index (χ1n) is 5.87. The van der Waals surface area contributed by atoms with Crippen LogP contribution in [-0.4, -0.2) is 12.1 Å². The molecule has 0 aliphatic carbocycles. The number of rotatable bonds is 3. The number of hydrogen-bond acceptors (Lipinski definition) is 3. The summed E-state index contributed by atoms with van der Waals surface area (Å²) < 4.78 is 19.4. The van der Waals surface area contributed by atoms with Crippen LogP contribution in [0.15, 0.2) is 18.2 Å². The molecule has 1 aromatic carbocycles. The smallest absolute Gasteiger partial charge is 0.166 e. The summed E-state index contributed by atoms with van der Waals surface area (Å²) in [5.74, 6) is -0.407. The second kappa shape index (κ2) is 5.36. The SMILES string of the molecule is CC(N)C(Oc1ccc(C#N)cc1F)C(C)(C)C. The highest BCUT2D eigenvalue weighted by Crippen LogP contribution is 2.28. The fraction of sp³-hybridized carbons (Fsp3) is 0.500. The van der Waals surface area contributed by atoms with E-state index in [1.54, 1.807) is 0 Å². The predicted octanol–water partition coefficient (Wildman–Crippen LogP) is 2.84. The molecule has 2 N–H and O–H groups in total. The molecule has 0 saturated carbocycles. The lowest BCUT2D eigenvalue weighted by Crippen LogP contribution is -2.45. The van der Waals surface area contributed by atoms with Crippen LogP contribution in [0.3, 0.4) is 0 Å². The van der Waals surface area contributed by atoms with E-state index in [4.69, 9.17) is 15.7 Å². The Morgan fingerprint density at radius 3 is 2.39 bits per heavy atom. The largest absolute Gasteiger partial charge is 0.485 e. The van der Waals surface area contributed by atoms with Crippen molar-refractivity contribution in [3.63, 3.8) is 0 Å². The number of benzene rings is 1. The quantitative estimate of drug-likeness (QED) is 0.897. The van der Waals surface area contributed by atoms with Gasteiger partial charge >= 0.3 is 0 Å². The van der Waals surface area contributed by atoms with Gasteiger partial charge in [0, 0.05) is 11.5 Å². The molecule has 0 saturated heterocycles. The Hall–Kier alpha value is -1.60. The van der Waals surface area contributed by atoms with E-state index >= 15 is 0 Å². The van der Waals surface area contributed by atoms with Crippen molar-refractivity contribution in [2.75, 3.05) is 0 Å². The van der Waals surface area contributed by atoms with E-state index in [-0.39, 0.29) is 28.9 Å². The fourth-order valence-electron chi connectivity index (χ4n) is 1.88. The van der Waals surface area contributed by atoms with Crippen molar-refractivity contribution in [3.05, 3.63) is 29.6 Å². The van der Waals surface area contributed by atoms with Gasteiger partial charge in [0.05, 0.1) is 11.6 Å². The van der Waals surface area contributed by atoms with Gasteiger partial charge in [-0.15, -0.1) is 0 Å². The molecule has 0 heterocycles. The molecule has 1 rings (SSSR count). The van der Waals surface area contributed by atoms with Crippen LogP contribution >= 0.6 is 0 Å². The van der Waals surface area contributed by atoms with Gasteiger partial charge in [0.15, 0.2) is 11.6 Å². The minimum Gasteiger partial charge on any atom is -0.485 e. The van der Waals surface area contributed by atoms with E-state index < -0.39 is 5.82 Å². The Bertz CT molecular complexity index is 458. The summed E-state index contributed by atoms with van der Waals surface area (Å²) in [7, 11) is 0. The van der Waals surface area contributed by atoms with E-state index in [1.807, 2.05) is 33.8 Å². The van der Waals surface area contributed by atoms with Crippen molar-refractivity contribution in [3.8, 4) is 11.8 Å². The molecule has 18 heavy (non-hydrogen) atoms. The topological polar surface area (TPSA) is 59.0 Å². The van der Waals surface area contributed by atoms with Crippen LogP contribution in [0.2, 0.25) is 0 Å². The van der Waals surface area contributed by atoms with Crippen molar-refractivity contribution < 1.29 is 9.13 Å². The molecule has 0 amide bonds. The number of halogens is 1. The zero-order chi connectivity index (χ0) is 13.9. The molecule has 0 radical (unpaired) electrons. The molecule has 0 aliphatic rings. The molecule has 0 aliphatic heterocycles. The third-order valence-corrected chi connectivity index (χ3v) is 2.65. The second-order valence-electron chi connectivity index (χ2n) is 5.52. The minimum atomic E-state index is -0.538. The molecule has 2 unspecified atom stereocenters. The van der Waals surface area contributed by atoms with E-state index in [9.17, 15) is 4.39 Å². The molecule has 1 aromatic rings. The highest BCUT2D eigenvalue weighted by molar-refractivity contribution is 5.36. The number of nitrogens with two attached hydrogens (primary N) is 1. The first-order valence-corrected chi connectivity index (χ1v) is 5.87. The van der Waals surface area contributed by atoms with E-state index in [0.717, 1.165) is 6.07 Å². The number of nitriles is 1. The molecule has 0 spiro atoms. The Morgan fingerprint density at radius 1 is 1.39 bits per heavy atom. The summed E-state index contributed by atoms with van der Waals surface area (Å²) in [6.07, 6.45) is -0.306. The first kappa shape index (κ1) is 14.5. The van der Waals surface area contributed by atoms with E-state index in [1.165, 1.54) is 12.1 Å². The van der Waals surface area contributed by atoms with Gasteiger partial charge < -0.3 is 10.5 Å². The van der Waals surface area contributed by atoms with Gasteiger partial charge in [-0.25, -0.2) is 4.39 Å². The minimum absolute atomic E-state index is 0.131. The van der Waals surface area contributed by atoms with Crippen LogP contribution in [0, 0.1) is 22.6 Å². The molecular weight excluding hydrogens is 231 g/mol. The maximum absolute atomic E-state index is 13.7. The summed E-state index contributed by atoms with van der Waals surface area (Å²) in [5.41, 5.74) is 5.95. The summed E-state index contributed by atoms with van der Waals surface area (Å²) in [5, 5.41) is 8.67. The highest BCUT2D eigenvalue weighted by atomic mass is 19.1. The zero-order valence-electron chi connectivity index (χ0n) is 11.2. The Balaban J connectivity index is 2.99. The van der Waals surface area contributed by atoms with Crippen molar-refractivity contribution in [2.24, 2.45) is 11.1 Å². The lowest BCUT2D eigenvalue weighted by Gasteiger charge is -2.34. The standard InChI is InChI=1S/C14H19FN2O/c1-9(17)13(14(2,3)4)18-12-6-5-10(8-16)7-11(12)15/h5-7,9,13H,17H2,1-4H3. The molecule has 0 bridgehead atoms. The Kier molecular flexibility index (Phi) is 4.31. The maximum atomic E-state index is 13.7. The van der Waals surface area contributed by atoms with Crippen LogP contribution in [0.1, 0.15) is 33.3 Å². The van der Waals surface area contributed by atoms with Gasteiger partial charge in [-0.3, -0.25) is 0 Å². The van der Waals surface area contributed by atoms with Crippen molar-refractivity contribution >= 4 is 0 Å². The third kappa shape index (κ3) is 3.44. The van der Waals surface area contributed by atoms with Crippen LogP contribution < -0.4 is 10.5 Å². The van der Waals surface area contributed by atoms with Gasteiger partial charge in [-0.05, 0) is 25.1 Å². The summed E-state index contributed by atoms with van der Waals surface area (Å²) in [6.45, 7) is 7.80.